The molecule has 2 fully saturated rings. The van der Waals surface area contributed by atoms with E-state index < -0.39 is 23.0 Å². The van der Waals surface area contributed by atoms with Gasteiger partial charge in [-0.05, 0) is 42.3 Å². The second-order valence-electron chi connectivity index (χ2n) is 11.6. The molecule has 0 aliphatic carbocycles. The van der Waals surface area contributed by atoms with Crippen LogP contribution in [-0.2, 0) is 19.1 Å². The van der Waals surface area contributed by atoms with E-state index in [1.807, 2.05) is 139 Å². The zero-order valence-electron chi connectivity index (χ0n) is 27.9. The first kappa shape index (κ1) is 39.0. The van der Waals surface area contributed by atoms with Crippen LogP contribution in [0.1, 0.15) is 18.1 Å². The molecule has 2 heterocycles. The SMILES string of the molecule is CC(COc1cccc(OCC(CSCC2CSCS2)OC(=O)C=Cc2ccccc2)c1)(OC(=O)C=Cc1ccccc1)SCC1CSCS1. The lowest BCUT2D eigenvalue weighted by Crippen LogP contribution is -2.35. The Hall–Kier alpha value is -2.22. The molecule has 4 unspecified atom stereocenters. The highest BCUT2D eigenvalue weighted by atomic mass is 32.2. The molecule has 0 N–H and O–H groups in total. The Morgan fingerprint density at radius 3 is 2.02 bits per heavy atom. The molecule has 2 aliphatic heterocycles. The molecule has 0 aromatic heterocycles. The Balaban J connectivity index is 1.17. The maximum Gasteiger partial charge on any atom is 0.332 e. The highest BCUT2D eigenvalue weighted by molar-refractivity contribution is 8.20. The second-order valence-corrected chi connectivity index (χ2v) is 19.5. The van der Waals surface area contributed by atoms with Crippen molar-refractivity contribution in [1.82, 2.24) is 0 Å². The zero-order chi connectivity index (χ0) is 34.9. The lowest BCUT2D eigenvalue weighted by atomic mass is 10.2. The topological polar surface area (TPSA) is 71.1 Å². The number of thioether (sulfide) groups is 6. The number of rotatable bonds is 19. The van der Waals surface area contributed by atoms with E-state index in [0.717, 1.165) is 44.3 Å². The van der Waals surface area contributed by atoms with Gasteiger partial charge in [0.15, 0.2) is 4.93 Å². The quantitative estimate of drug-likeness (QED) is 0.0662. The third-order valence-corrected chi connectivity index (χ3v) is 16.1. The molecular formula is C38H42O6S6. The summed E-state index contributed by atoms with van der Waals surface area (Å²) < 4.78 is 24.3. The average molecular weight is 787 g/mol. The number of esters is 2. The first-order chi connectivity index (χ1) is 24.4. The van der Waals surface area contributed by atoms with Gasteiger partial charge in [0.2, 0.25) is 0 Å². The average Bonchev–Trinajstić information content (AvgIpc) is 3.87. The summed E-state index contributed by atoms with van der Waals surface area (Å²) in [5.74, 6) is 5.14. The molecule has 4 atom stereocenters. The maximum absolute atomic E-state index is 12.9. The van der Waals surface area contributed by atoms with Gasteiger partial charge in [-0.2, -0.15) is 11.8 Å². The molecule has 0 radical (unpaired) electrons. The van der Waals surface area contributed by atoms with Crippen LogP contribution in [0.3, 0.4) is 0 Å². The van der Waals surface area contributed by atoms with Crippen LogP contribution < -0.4 is 9.47 Å². The third-order valence-electron chi connectivity index (χ3n) is 7.33. The number of hydrogen-bond donors (Lipinski definition) is 0. The normalized spacial score (nSPS) is 19.3. The molecule has 6 nitrogen and oxygen atoms in total. The fourth-order valence-electron chi connectivity index (χ4n) is 4.72. The summed E-state index contributed by atoms with van der Waals surface area (Å²) in [7, 11) is 0. The van der Waals surface area contributed by atoms with E-state index in [9.17, 15) is 9.59 Å². The Bertz CT molecular complexity index is 1530. The van der Waals surface area contributed by atoms with Crippen LogP contribution in [0.5, 0.6) is 11.5 Å². The van der Waals surface area contributed by atoms with Crippen molar-refractivity contribution in [1.29, 1.82) is 0 Å². The predicted molar refractivity (Wildman–Crippen MR) is 220 cm³/mol. The molecule has 0 amide bonds. The molecule has 0 spiro atoms. The van der Waals surface area contributed by atoms with Crippen molar-refractivity contribution in [2.24, 2.45) is 0 Å². The Labute approximate surface area is 321 Å². The molecule has 5 rings (SSSR count). The van der Waals surface area contributed by atoms with Crippen molar-refractivity contribution in [2.75, 3.05) is 52.1 Å². The van der Waals surface area contributed by atoms with Gasteiger partial charge in [0.25, 0.3) is 0 Å². The van der Waals surface area contributed by atoms with Crippen molar-refractivity contribution in [2.45, 2.75) is 28.5 Å². The molecule has 2 aliphatic rings. The summed E-state index contributed by atoms with van der Waals surface area (Å²) in [6.45, 7) is 2.28. The van der Waals surface area contributed by atoms with E-state index in [0.29, 0.717) is 27.8 Å². The van der Waals surface area contributed by atoms with Crippen molar-refractivity contribution in [3.8, 4) is 11.5 Å². The van der Waals surface area contributed by atoms with E-state index in [4.69, 9.17) is 18.9 Å². The predicted octanol–water partition coefficient (Wildman–Crippen LogP) is 9.12. The number of hydrogen-bond acceptors (Lipinski definition) is 12. The van der Waals surface area contributed by atoms with Gasteiger partial charge >= 0.3 is 11.9 Å². The Morgan fingerprint density at radius 2 is 1.40 bits per heavy atom. The van der Waals surface area contributed by atoms with Gasteiger partial charge in [0.1, 0.15) is 30.8 Å². The molecule has 3 aromatic carbocycles. The van der Waals surface area contributed by atoms with Crippen molar-refractivity contribution in [3.63, 3.8) is 0 Å². The smallest absolute Gasteiger partial charge is 0.332 e. The standard InChI is InChI=1S/C38H42O6S6/c1-38(50-25-35-24-47-28-49-35,44-37(40)18-16-30-11-6-3-7-12-30)26-42-32-14-8-13-31(19-32)41-20-33(21-45-22-34-23-46-27-48-34)43-36(39)17-15-29-9-4-2-5-10-29/h2-19,33-35H,20-28H2,1H3. The van der Waals surface area contributed by atoms with Gasteiger partial charge in [-0.25, -0.2) is 9.59 Å². The maximum atomic E-state index is 12.9. The van der Waals surface area contributed by atoms with Crippen LogP contribution in [0.2, 0.25) is 0 Å². The van der Waals surface area contributed by atoms with Crippen molar-refractivity contribution >= 4 is 94.7 Å². The monoisotopic (exact) mass is 786 g/mol. The van der Waals surface area contributed by atoms with Crippen LogP contribution in [0.15, 0.2) is 97.1 Å². The number of ether oxygens (including phenoxy) is 4. The van der Waals surface area contributed by atoms with Crippen LogP contribution in [0.4, 0.5) is 0 Å². The molecule has 50 heavy (non-hydrogen) atoms. The van der Waals surface area contributed by atoms with Crippen molar-refractivity contribution < 1.29 is 28.5 Å². The minimum absolute atomic E-state index is 0.165. The summed E-state index contributed by atoms with van der Waals surface area (Å²) in [6, 6.07) is 26.8. The van der Waals surface area contributed by atoms with E-state index >= 15 is 0 Å². The fraction of sp³-hybridized carbons (Fsp3) is 0.368. The van der Waals surface area contributed by atoms with Crippen LogP contribution >= 0.6 is 70.6 Å². The van der Waals surface area contributed by atoms with E-state index in [-0.39, 0.29) is 13.2 Å². The minimum Gasteiger partial charge on any atom is -0.490 e. The molecule has 0 saturated carbocycles. The highest BCUT2D eigenvalue weighted by Gasteiger charge is 2.32. The van der Waals surface area contributed by atoms with Crippen LogP contribution in [-0.4, -0.2) is 85.6 Å². The lowest BCUT2D eigenvalue weighted by Gasteiger charge is -2.29. The molecule has 266 valence electrons. The second kappa shape index (κ2) is 21.3. The molecule has 2 saturated heterocycles. The molecule has 3 aromatic rings. The van der Waals surface area contributed by atoms with Crippen LogP contribution in [0.25, 0.3) is 12.2 Å². The van der Waals surface area contributed by atoms with Gasteiger partial charge in [-0.3, -0.25) is 0 Å². The molecule has 12 heteroatoms. The van der Waals surface area contributed by atoms with E-state index in [2.05, 4.69) is 0 Å². The van der Waals surface area contributed by atoms with Crippen LogP contribution in [0, 0.1) is 0 Å². The van der Waals surface area contributed by atoms with E-state index in [1.54, 1.807) is 35.7 Å². The van der Waals surface area contributed by atoms with Crippen molar-refractivity contribution in [3.05, 3.63) is 108 Å². The number of carbonyl (C=O) groups excluding carboxylic acids is 2. The Kier molecular flexibility index (Phi) is 16.6. The lowest BCUT2D eigenvalue weighted by molar-refractivity contribution is -0.146. The summed E-state index contributed by atoms with van der Waals surface area (Å²) in [5.41, 5.74) is 1.86. The van der Waals surface area contributed by atoms with E-state index in [1.165, 1.54) is 12.2 Å². The van der Waals surface area contributed by atoms with Gasteiger partial charge in [0.05, 0.1) is 0 Å². The van der Waals surface area contributed by atoms with Gasteiger partial charge in [0, 0.05) is 67.7 Å². The fourth-order valence-corrected chi connectivity index (χ4v) is 13.4. The summed E-state index contributed by atoms with van der Waals surface area (Å²) >= 11 is 11.2. The highest BCUT2D eigenvalue weighted by Crippen LogP contribution is 2.37. The molecular weight excluding hydrogens is 745 g/mol. The largest absolute Gasteiger partial charge is 0.490 e. The number of benzene rings is 3. The minimum atomic E-state index is -0.900. The summed E-state index contributed by atoms with van der Waals surface area (Å²) in [6.07, 6.45) is 6.02. The third kappa shape index (κ3) is 14.4. The number of carbonyl (C=O) groups is 2. The summed E-state index contributed by atoms with van der Waals surface area (Å²) in [5, 5.41) is 3.35. The first-order valence-corrected chi connectivity index (χ1v) is 22.8. The first-order valence-electron chi connectivity index (χ1n) is 16.3. The molecule has 0 bridgehead atoms. The van der Waals surface area contributed by atoms with Gasteiger partial charge in [-0.1, -0.05) is 66.7 Å². The summed E-state index contributed by atoms with van der Waals surface area (Å²) in [4.78, 5) is 24.8. The zero-order valence-corrected chi connectivity index (χ0v) is 32.8. The Morgan fingerprint density at radius 1 is 0.800 bits per heavy atom. The van der Waals surface area contributed by atoms with Gasteiger partial charge in [-0.15, -0.1) is 58.8 Å². The van der Waals surface area contributed by atoms with Gasteiger partial charge < -0.3 is 18.9 Å².